The molecular weight excluding hydrogens is 376 g/mol. The normalized spacial score (nSPS) is 15.1. The summed E-state index contributed by atoms with van der Waals surface area (Å²) in [6, 6.07) is -3.30. The fraction of sp³-hybridized carbons (Fsp3) is 0.733. The number of aliphatic imine (C=N–C) groups is 1. The Kier molecular flexibility index (Phi) is 12.2. The van der Waals surface area contributed by atoms with E-state index < -0.39 is 42.0 Å². The van der Waals surface area contributed by atoms with Crippen LogP contribution < -0.4 is 27.8 Å². The Morgan fingerprint density at radius 3 is 2.19 bits per heavy atom. The number of thioether (sulfide) groups is 1. The summed E-state index contributed by atoms with van der Waals surface area (Å²) in [4.78, 5) is 39.6. The monoisotopic (exact) mass is 406 g/mol. The van der Waals surface area contributed by atoms with Crippen molar-refractivity contribution >= 4 is 35.5 Å². The quantitative estimate of drug-likeness (QED) is 0.0983. The molecule has 0 heterocycles. The maximum absolute atomic E-state index is 12.5. The number of hydrogen-bond donors (Lipinski definition) is 7. The number of aliphatic hydroxyl groups is 1. The first-order chi connectivity index (χ1) is 12.6. The number of carbonyl (C=O) groups excluding carboxylic acids is 2. The maximum Gasteiger partial charge on any atom is 0.326 e. The van der Waals surface area contributed by atoms with Crippen molar-refractivity contribution in [3.05, 3.63) is 0 Å². The predicted molar refractivity (Wildman–Crippen MR) is 104 cm³/mol. The molecule has 0 spiro atoms. The summed E-state index contributed by atoms with van der Waals surface area (Å²) in [5.41, 5.74) is 16.0. The Balaban J connectivity index is 4.92. The minimum Gasteiger partial charge on any atom is -0.480 e. The zero-order valence-corrected chi connectivity index (χ0v) is 16.4. The molecule has 10 N–H and O–H groups in total. The van der Waals surface area contributed by atoms with Gasteiger partial charge in [0.05, 0.1) is 6.10 Å². The van der Waals surface area contributed by atoms with E-state index in [4.69, 9.17) is 17.2 Å². The maximum atomic E-state index is 12.5. The van der Waals surface area contributed by atoms with Crippen molar-refractivity contribution in [1.82, 2.24) is 10.6 Å². The zero-order chi connectivity index (χ0) is 21.0. The van der Waals surface area contributed by atoms with Gasteiger partial charge in [-0.05, 0) is 38.2 Å². The summed E-state index contributed by atoms with van der Waals surface area (Å²) >= 11 is 1.47. The molecule has 0 saturated heterocycles. The van der Waals surface area contributed by atoms with Gasteiger partial charge in [0.1, 0.15) is 18.1 Å². The molecule has 0 aromatic heterocycles. The highest BCUT2D eigenvalue weighted by Gasteiger charge is 2.28. The van der Waals surface area contributed by atoms with Crippen molar-refractivity contribution in [1.29, 1.82) is 0 Å². The van der Waals surface area contributed by atoms with Crippen LogP contribution in [-0.2, 0) is 14.4 Å². The van der Waals surface area contributed by atoms with Gasteiger partial charge in [0, 0.05) is 6.54 Å². The summed E-state index contributed by atoms with van der Waals surface area (Å²) in [5.74, 6) is -2.07. The standard InChI is InChI=1S/C15H30N6O5S/c1-8(22)11(16)13(24)20-9(5-7-27-2)12(23)21-10(14(25)26)4-3-6-19-15(17)18/h8-11,22H,3-7,16H2,1-2H3,(H,20,24)(H,21,23)(H,25,26)(H4,17,18,19)/t8-,9+,10+,11+/m1/s1. The third kappa shape index (κ3) is 10.6. The van der Waals surface area contributed by atoms with Gasteiger partial charge in [0.2, 0.25) is 11.8 Å². The molecule has 0 aliphatic carbocycles. The van der Waals surface area contributed by atoms with Gasteiger partial charge in [-0.2, -0.15) is 11.8 Å². The average Bonchev–Trinajstić information content (AvgIpc) is 2.59. The lowest BCUT2D eigenvalue weighted by atomic mass is 10.1. The lowest BCUT2D eigenvalue weighted by molar-refractivity contribution is -0.142. The number of nitrogens with two attached hydrogens (primary N) is 3. The average molecular weight is 407 g/mol. The molecule has 0 rings (SSSR count). The van der Waals surface area contributed by atoms with E-state index in [0.717, 1.165) is 0 Å². The minimum absolute atomic E-state index is 0.0970. The topological polar surface area (TPSA) is 206 Å². The fourth-order valence-corrected chi connectivity index (χ4v) is 2.50. The largest absolute Gasteiger partial charge is 0.480 e. The van der Waals surface area contributed by atoms with Crippen LogP contribution in [0.25, 0.3) is 0 Å². The summed E-state index contributed by atoms with van der Waals surface area (Å²) < 4.78 is 0. The number of nitrogens with zero attached hydrogens (tertiary/aromatic N) is 1. The van der Waals surface area contributed by atoms with E-state index >= 15 is 0 Å². The van der Waals surface area contributed by atoms with Crippen molar-refractivity contribution in [2.45, 2.75) is 50.4 Å². The van der Waals surface area contributed by atoms with Crippen LogP contribution in [0.3, 0.4) is 0 Å². The third-order valence-electron chi connectivity index (χ3n) is 3.63. The second kappa shape index (κ2) is 13.2. The van der Waals surface area contributed by atoms with Crippen molar-refractivity contribution in [3.8, 4) is 0 Å². The number of nitrogens with one attached hydrogen (secondary N) is 2. The van der Waals surface area contributed by atoms with Gasteiger partial charge >= 0.3 is 5.97 Å². The minimum atomic E-state index is -1.20. The molecule has 27 heavy (non-hydrogen) atoms. The lowest BCUT2D eigenvalue weighted by Crippen LogP contribution is -2.56. The van der Waals surface area contributed by atoms with E-state index in [1.54, 1.807) is 0 Å². The third-order valence-corrected chi connectivity index (χ3v) is 4.27. The van der Waals surface area contributed by atoms with E-state index in [2.05, 4.69) is 15.6 Å². The summed E-state index contributed by atoms with van der Waals surface area (Å²) in [5, 5.41) is 23.6. The van der Waals surface area contributed by atoms with Gasteiger partial charge in [-0.25, -0.2) is 4.79 Å². The molecule has 0 aliphatic heterocycles. The SMILES string of the molecule is CSCC[C@H](NC(=O)[C@@H](N)[C@@H](C)O)C(=O)N[C@@H](CCCN=C(N)N)C(=O)O. The lowest BCUT2D eigenvalue weighted by Gasteiger charge is -2.23. The molecule has 0 aromatic carbocycles. The van der Waals surface area contributed by atoms with Gasteiger partial charge in [0.15, 0.2) is 5.96 Å². The van der Waals surface area contributed by atoms with Gasteiger partial charge in [-0.15, -0.1) is 0 Å². The number of rotatable bonds is 13. The van der Waals surface area contributed by atoms with E-state index in [1.165, 1.54) is 18.7 Å². The molecule has 0 saturated carbocycles. The highest BCUT2D eigenvalue weighted by atomic mass is 32.2. The molecule has 2 amide bonds. The van der Waals surface area contributed by atoms with Crippen LogP contribution in [0.1, 0.15) is 26.2 Å². The van der Waals surface area contributed by atoms with Gasteiger partial charge in [0.25, 0.3) is 0 Å². The summed E-state index contributed by atoms with van der Waals surface area (Å²) in [7, 11) is 0. The fourth-order valence-electron chi connectivity index (χ4n) is 2.02. The van der Waals surface area contributed by atoms with Crippen LogP contribution in [0.4, 0.5) is 0 Å². The highest BCUT2D eigenvalue weighted by Crippen LogP contribution is 2.05. The first kappa shape index (κ1) is 24.9. The molecule has 11 nitrogen and oxygen atoms in total. The number of carbonyl (C=O) groups is 3. The predicted octanol–water partition coefficient (Wildman–Crippen LogP) is -2.44. The highest BCUT2D eigenvalue weighted by molar-refractivity contribution is 7.98. The molecule has 0 aromatic rings. The Morgan fingerprint density at radius 1 is 1.11 bits per heavy atom. The first-order valence-electron chi connectivity index (χ1n) is 8.41. The molecule has 0 unspecified atom stereocenters. The molecule has 4 atom stereocenters. The zero-order valence-electron chi connectivity index (χ0n) is 15.6. The van der Waals surface area contributed by atoms with Crippen LogP contribution in [-0.4, -0.2) is 76.7 Å². The van der Waals surface area contributed by atoms with E-state index in [9.17, 15) is 24.6 Å². The Labute approximate surface area is 162 Å². The Morgan fingerprint density at radius 2 is 1.70 bits per heavy atom. The second-order valence-corrected chi connectivity index (χ2v) is 6.94. The second-order valence-electron chi connectivity index (χ2n) is 5.96. The smallest absolute Gasteiger partial charge is 0.326 e. The molecule has 0 bridgehead atoms. The van der Waals surface area contributed by atoms with E-state index in [1.807, 2.05) is 6.26 Å². The summed E-state index contributed by atoms with van der Waals surface area (Å²) in [6.07, 6.45) is 1.50. The number of aliphatic hydroxyl groups excluding tert-OH is 1. The van der Waals surface area contributed by atoms with Crippen LogP contribution in [0.2, 0.25) is 0 Å². The number of amides is 2. The molecule has 0 radical (unpaired) electrons. The van der Waals surface area contributed by atoms with Crippen LogP contribution in [0.5, 0.6) is 0 Å². The van der Waals surface area contributed by atoms with Gasteiger partial charge < -0.3 is 38.0 Å². The summed E-state index contributed by atoms with van der Waals surface area (Å²) in [6.45, 7) is 1.59. The van der Waals surface area contributed by atoms with E-state index in [-0.39, 0.29) is 25.3 Å². The number of carboxylic acids is 1. The Hall–Kier alpha value is -2.05. The van der Waals surface area contributed by atoms with Gasteiger partial charge in [-0.1, -0.05) is 0 Å². The molecule has 156 valence electrons. The number of aliphatic carboxylic acids is 1. The van der Waals surface area contributed by atoms with Gasteiger partial charge in [-0.3, -0.25) is 14.6 Å². The molecular formula is C15H30N6O5S. The van der Waals surface area contributed by atoms with E-state index in [0.29, 0.717) is 12.2 Å². The van der Waals surface area contributed by atoms with Crippen molar-refractivity contribution in [2.75, 3.05) is 18.6 Å². The Bertz CT molecular complexity index is 527. The van der Waals surface area contributed by atoms with Crippen LogP contribution in [0.15, 0.2) is 4.99 Å². The molecule has 12 heteroatoms. The number of carboxylic acid groups (broad SMARTS) is 1. The first-order valence-corrected chi connectivity index (χ1v) is 9.81. The molecule has 0 fully saturated rings. The molecule has 0 aliphatic rings. The van der Waals surface area contributed by atoms with Crippen molar-refractivity contribution in [2.24, 2.45) is 22.2 Å². The van der Waals surface area contributed by atoms with Crippen molar-refractivity contribution < 1.29 is 24.6 Å². The number of hydrogen-bond acceptors (Lipinski definition) is 7. The van der Waals surface area contributed by atoms with Crippen molar-refractivity contribution in [3.63, 3.8) is 0 Å². The van der Waals surface area contributed by atoms with Crippen LogP contribution in [0, 0.1) is 0 Å². The van der Waals surface area contributed by atoms with Crippen LogP contribution >= 0.6 is 11.8 Å². The number of guanidine groups is 1.